The maximum absolute atomic E-state index is 12.4. The molecule has 2 aliphatic rings. The fraction of sp³-hybridized carbons (Fsp3) is 0.529. The molecule has 1 amide bonds. The van der Waals surface area contributed by atoms with E-state index in [1.54, 1.807) is 6.20 Å². The highest BCUT2D eigenvalue weighted by Gasteiger charge is 2.34. The molecule has 1 saturated heterocycles. The highest BCUT2D eigenvalue weighted by atomic mass is 16.5. The molecule has 1 aliphatic carbocycles. The molecule has 1 atom stereocenters. The Bertz CT molecular complexity index is 681. The number of pyridine rings is 1. The van der Waals surface area contributed by atoms with Gasteiger partial charge in [0.15, 0.2) is 0 Å². The molecule has 0 spiro atoms. The lowest BCUT2D eigenvalue weighted by Gasteiger charge is -2.36. The van der Waals surface area contributed by atoms with Crippen LogP contribution >= 0.6 is 0 Å². The number of nitrogens with zero attached hydrogens (tertiary/aromatic N) is 4. The topological polar surface area (TPSA) is 72.1 Å². The molecular formula is C17H20N4O2. The summed E-state index contributed by atoms with van der Waals surface area (Å²) in [7, 11) is 0. The van der Waals surface area contributed by atoms with E-state index in [0.29, 0.717) is 29.9 Å². The Morgan fingerprint density at radius 2 is 2.13 bits per heavy atom. The SMILES string of the molecule is O=C(C1CCC1)N1CCC[C@@H](c2nc(-c3ccccn3)no2)C1. The summed E-state index contributed by atoms with van der Waals surface area (Å²) >= 11 is 0. The lowest BCUT2D eigenvalue weighted by molar-refractivity contribution is -0.139. The van der Waals surface area contributed by atoms with Crippen LogP contribution in [-0.4, -0.2) is 39.0 Å². The van der Waals surface area contributed by atoms with Crippen LogP contribution in [0.1, 0.15) is 43.9 Å². The van der Waals surface area contributed by atoms with Crippen LogP contribution in [0.15, 0.2) is 28.9 Å². The van der Waals surface area contributed by atoms with Gasteiger partial charge in [-0.25, -0.2) is 0 Å². The maximum Gasteiger partial charge on any atom is 0.231 e. The number of rotatable bonds is 3. The standard InChI is InChI=1S/C17H20N4O2/c22-17(12-5-3-6-12)21-10-4-7-13(11-21)16-19-15(20-23-16)14-8-1-2-9-18-14/h1-2,8-9,12-13H,3-7,10-11H2/t13-/m1/s1. The van der Waals surface area contributed by atoms with Crippen molar-refractivity contribution >= 4 is 5.91 Å². The van der Waals surface area contributed by atoms with Crippen LogP contribution in [0, 0.1) is 5.92 Å². The molecule has 23 heavy (non-hydrogen) atoms. The number of carbonyl (C=O) groups is 1. The molecular weight excluding hydrogens is 292 g/mol. The molecule has 0 unspecified atom stereocenters. The quantitative estimate of drug-likeness (QED) is 0.871. The first-order valence-electron chi connectivity index (χ1n) is 8.35. The van der Waals surface area contributed by atoms with Gasteiger partial charge in [-0.15, -0.1) is 0 Å². The molecule has 1 aliphatic heterocycles. The van der Waals surface area contributed by atoms with E-state index in [4.69, 9.17) is 4.52 Å². The molecule has 1 saturated carbocycles. The van der Waals surface area contributed by atoms with Crippen molar-refractivity contribution in [1.82, 2.24) is 20.0 Å². The van der Waals surface area contributed by atoms with Gasteiger partial charge in [-0.3, -0.25) is 9.78 Å². The minimum atomic E-state index is 0.137. The van der Waals surface area contributed by atoms with Crippen LogP contribution in [0.25, 0.3) is 11.5 Å². The summed E-state index contributed by atoms with van der Waals surface area (Å²) in [6.07, 6.45) is 6.97. The third kappa shape index (κ3) is 2.85. The second-order valence-electron chi connectivity index (χ2n) is 6.42. The summed E-state index contributed by atoms with van der Waals surface area (Å²) < 4.78 is 5.45. The van der Waals surface area contributed by atoms with Crippen molar-refractivity contribution in [3.63, 3.8) is 0 Å². The van der Waals surface area contributed by atoms with Crippen molar-refractivity contribution < 1.29 is 9.32 Å². The van der Waals surface area contributed by atoms with E-state index in [1.165, 1.54) is 6.42 Å². The van der Waals surface area contributed by atoms with Crippen molar-refractivity contribution in [3.8, 4) is 11.5 Å². The van der Waals surface area contributed by atoms with E-state index in [-0.39, 0.29) is 11.8 Å². The normalized spacial score (nSPS) is 21.9. The summed E-state index contributed by atoms with van der Waals surface area (Å²) in [6, 6.07) is 5.62. The molecule has 0 bridgehead atoms. The Balaban J connectivity index is 1.47. The van der Waals surface area contributed by atoms with E-state index >= 15 is 0 Å². The number of hydrogen-bond donors (Lipinski definition) is 0. The fourth-order valence-electron chi connectivity index (χ4n) is 3.29. The third-order valence-electron chi connectivity index (χ3n) is 4.87. The van der Waals surface area contributed by atoms with Gasteiger partial charge in [0.2, 0.25) is 17.6 Å². The maximum atomic E-state index is 12.4. The minimum absolute atomic E-state index is 0.137. The van der Waals surface area contributed by atoms with Crippen LogP contribution in [0.2, 0.25) is 0 Å². The third-order valence-corrected chi connectivity index (χ3v) is 4.87. The Labute approximate surface area is 134 Å². The number of piperidine rings is 1. The predicted molar refractivity (Wildman–Crippen MR) is 83.4 cm³/mol. The minimum Gasteiger partial charge on any atom is -0.342 e. The summed E-state index contributed by atoms with van der Waals surface area (Å²) in [5.41, 5.74) is 0.709. The molecule has 120 valence electrons. The average Bonchev–Trinajstić information content (AvgIpc) is 3.04. The Morgan fingerprint density at radius 3 is 2.87 bits per heavy atom. The van der Waals surface area contributed by atoms with Crippen molar-refractivity contribution in [2.24, 2.45) is 5.92 Å². The number of likely N-dealkylation sites (tertiary alicyclic amines) is 1. The Hall–Kier alpha value is -2.24. The van der Waals surface area contributed by atoms with Crippen LogP contribution in [0.3, 0.4) is 0 Å². The number of carbonyl (C=O) groups excluding carboxylic acids is 1. The van der Waals surface area contributed by atoms with Gasteiger partial charge in [0, 0.05) is 25.2 Å². The monoisotopic (exact) mass is 312 g/mol. The van der Waals surface area contributed by atoms with Gasteiger partial charge in [0.05, 0.1) is 5.92 Å². The summed E-state index contributed by atoms with van der Waals surface area (Å²) in [4.78, 5) is 23.2. The van der Waals surface area contributed by atoms with E-state index < -0.39 is 0 Å². The number of aromatic nitrogens is 3. The molecule has 6 nitrogen and oxygen atoms in total. The largest absolute Gasteiger partial charge is 0.342 e. The van der Waals surface area contributed by atoms with E-state index in [1.807, 2.05) is 23.1 Å². The van der Waals surface area contributed by atoms with E-state index in [9.17, 15) is 4.79 Å². The fourth-order valence-corrected chi connectivity index (χ4v) is 3.29. The van der Waals surface area contributed by atoms with Crippen LogP contribution in [0.5, 0.6) is 0 Å². The van der Waals surface area contributed by atoms with Gasteiger partial charge in [-0.1, -0.05) is 17.6 Å². The zero-order valence-corrected chi connectivity index (χ0v) is 13.0. The summed E-state index contributed by atoms with van der Waals surface area (Å²) in [5.74, 6) is 1.84. The summed E-state index contributed by atoms with van der Waals surface area (Å²) in [5, 5.41) is 4.04. The van der Waals surface area contributed by atoms with Gasteiger partial charge >= 0.3 is 0 Å². The highest BCUT2D eigenvalue weighted by Crippen LogP contribution is 2.32. The van der Waals surface area contributed by atoms with Crippen molar-refractivity contribution in [1.29, 1.82) is 0 Å². The van der Waals surface area contributed by atoms with Gasteiger partial charge in [0.25, 0.3) is 0 Å². The second-order valence-corrected chi connectivity index (χ2v) is 6.42. The van der Waals surface area contributed by atoms with E-state index in [0.717, 1.165) is 32.2 Å². The number of hydrogen-bond acceptors (Lipinski definition) is 5. The highest BCUT2D eigenvalue weighted by molar-refractivity contribution is 5.79. The molecule has 0 radical (unpaired) electrons. The predicted octanol–water partition coefficient (Wildman–Crippen LogP) is 2.64. The first-order valence-corrected chi connectivity index (χ1v) is 8.35. The molecule has 2 fully saturated rings. The van der Waals surface area contributed by atoms with Gasteiger partial charge in [0.1, 0.15) is 5.69 Å². The van der Waals surface area contributed by atoms with E-state index in [2.05, 4.69) is 15.1 Å². The van der Waals surface area contributed by atoms with Crippen LogP contribution < -0.4 is 0 Å². The zero-order chi connectivity index (χ0) is 15.6. The number of amides is 1. The van der Waals surface area contributed by atoms with Gasteiger partial charge in [-0.05, 0) is 37.8 Å². The smallest absolute Gasteiger partial charge is 0.231 e. The zero-order valence-electron chi connectivity index (χ0n) is 13.0. The molecule has 0 N–H and O–H groups in total. The van der Waals surface area contributed by atoms with Crippen molar-refractivity contribution in [2.75, 3.05) is 13.1 Å². The Kier molecular flexibility index (Phi) is 3.81. The van der Waals surface area contributed by atoms with Crippen molar-refractivity contribution in [3.05, 3.63) is 30.3 Å². The molecule has 2 aromatic rings. The van der Waals surface area contributed by atoms with Crippen LogP contribution in [-0.2, 0) is 4.79 Å². The Morgan fingerprint density at radius 1 is 1.22 bits per heavy atom. The van der Waals surface area contributed by atoms with Crippen molar-refractivity contribution in [2.45, 2.75) is 38.0 Å². The van der Waals surface area contributed by atoms with Crippen LogP contribution in [0.4, 0.5) is 0 Å². The summed E-state index contributed by atoms with van der Waals surface area (Å²) in [6.45, 7) is 1.55. The molecule has 2 aromatic heterocycles. The molecule has 4 rings (SSSR count). The second kappa shape index (κ2) is 6.10. The van der Waals surface area contributed by atoms with Gasteiger partial charge in [-0.2, -0.15) is 4.98 Å². The molecule has 6 heteroatoms. The first-order chi connectivity index (χ1) is 11.3. The lowest BCUT2D eigenvalue weighted by Crippen LogP contribution is -2.44. The molecule has 3 heterocycles. The lowest BCUT2D eigenvalue weighted by atomic mass is 9.83. The average molecular weight is 312 g/mol. The first kappa shape index (κ1) is 14.4. The molecule has 0 aromatic carbocycles. The van der Waals surface area contributed by atoms with Gasteiger partial charge < -0.3 is 9.42 Å².